The molecule has 0 aromatic heterocycles. The van der Waals surface area contributed by atoms with Crippen LogP contribution in [0.25, 0.3) is 0 Å². The van der Waals surface area contributed by atoms with Crippen molar-refractivity contribution in [1.29, 1.82) is 0 Å². The van der Waals surface area contributed by atoms with Crippen LogP contribution in [0, 0.1) is 5.82 Å². The summed E-state index contributed by atoms with van der Waals surface area (Å²) in [4.78, 5) is 5.24. The molecule has 2 saturated heterocycles. The smallest absolute Gasteiger partial charge is 0.123 e. The summed E-state index contributed by atoms with van der Waals surface area (Å²) in [5.74, 6) is -0.130. The van der Waals surface area contributed by atoms with Crippen LogP contribution >= 0.6 is 0 Å². The second-order valence-corrected chi connectivity index (χ2v) is 8.32. The van der Waals surface area contributed by atoms with Gasteiger partial charge in [-0.25, -0.2) is 4.39 Å². The van der Waals surface area contributed by atoms with E-state index in [2.05, 4.69) is 30.6 Å². The average Bonchev–Trinajstić information content (AvgIpc) is 2.59. The van der Waals surface area contributed by atoms with Crippen molar-refractivity contribution < 1.29 is 9.13 Å². The fourth-order valence-corrected chi connectivity index (χ4v) is 4.67. The fraction of sp³-hybridized carbons (Fsp3) is 0.714. The Balaban J connectivity index is 1.52. The van der Waals surface area contributed by atoms with Crippen molar-refractivity contribution in [2.75, 3.05) is 39.3 Å². The Hall–Kier alpha value is -0.970. The maximum atomic E-state index is 13.3. The molecule has 2 aliphatic rings. The number of hydrogen-bond donors (Lipinski definition) is 0. The molecule has 0 saturated carbocycles. The maximum Gasteiger partial charge on any atom is 0.123 e. The van der Waals surface area contributed by atoms with Gasteiger partial charge in [-0.1, -0.05) is 19.1 Å². The van der Waals surface area contributed by atoms with Crippen LogP contribution in [0.4, 0.5) is 4.39 Å². The lowest BCUT2D eigenvalue weighted by Gasteiger charge is -2.53. The van der Waals surface area contributed by atoms with Crippen molar-refractivity contribution in [3.8, 4) is 0 Å². The van der Waals surface area contributed by atoms with Crippen LogP contribution in [-0.4, -0.2) is 60.3 Å². The molecule has 0 spiro atoms. The molecule has 4 heteroatoms. The van der Waals surface area contributed by atoms with E-state index in [0.29, 0.717) is 5.54 Å². The monoisotopic (exact) mass is 348 g/mol. The summed E-state index contributed by atoms with van der Waals surface area (Å²) >= 11 is 0. The summed E-state index contributed by atoms with van der Waals surface area (Å²) in [5, 5.41) is 0. The van der Waals surface area contributed by atoms with Gasteiger partial charge < -0.3 is 9.64 Å². The summed E-state index contributed by atoms with van der Waals surface area (Å²) in [6.45, 7) is 13.2. The molecule has 1 aromatic carbocycles. The SMILES string of the molecule is CCC1(N2CCN(CCc3cccc(F)c3)CC2)CCOC(C)(C)C1. The van der Waals surface area contributed by atoms with E-state index < -0.39 is 0 Å². The third-order valence-electron chi connectivity index (χ3n) is 6.12. The zero-order valence-electron chi connectivity index (χ0n) is 16.1. The van der Waals surface area contributed by atoms with Gasteiger partial charge in [0.1, 0.15) is 5.82 Å². The van der Waals surface area contributed by atoms with E-state index in [-0.39, 0.29) is 11.4 Å². The van der Waals surface area contributed by atoms with Crippen LogP contribution in [-0.2, 0) is 11.2 Å². The minimum absolute atomic E-state index is 0.0111. The van der Waals surface area contributed by atoms with E-state index in [9.17, 15) is 4.39 Å². The van der Waals surface area contributed by atoms with Gasteiger partial charge in [-0.05, 0) is 57.2 Å². The standard InChI is InChI=1S/C21H33FN2O/c1-4-21(9-15-25-20(2,3)17-21)24-13-11-23(12-14-24)10-8-18-6-5-7-19(22)16-18/h5-7,16H,4,8-15,17H2,1-3H3. The van der Waals surface area contributed by atoms with E-state index in [0.717, 1.165) is 64.2 Å². The number of piperazine rings is 1. The highest BCUT2D eigenvalue weighted by atomic mass is 19.1. The van der Waals surface area contributed by atoms with Crippen molar-refractivity contribution >= 4 is 0 Å². The minimum Gasteiger partial charge on any atom is -0.375 e. The number of nitrogens with zero attached hydrogens (tertiary/aromatic N) is 2. The molecule has 0 bridgehead atoms. The number of hydrogen-bond acceptors (Lipinski definition) is 3. The molecule has 3 rings (SSSR count). The van der Waals surface area contributed by atoms with E-state index >= 15 is 0 Å². The topological polar surface area (TPSA) is 15.7 Å². The van der Waals surface area contributed by atoms with Gasteiger partial charge in [-0.3, -0.25) is 4.90 Å². The lowest BCUT2D eigenvalue weighted by atomic mass is 9.77. The largest absolute Gasteiger partial charge is 0.375 e. The molecule has 0 aliphatic carbocycles. The van der Waals surface area contributed by atoms with Gasteiger partial charge in [0, 0.05) is 44.9 Å². The molecule has 0 N–H and O–H groups in total. The molecule has 2 heterocycles. The fourth-order valence-electron chi connectivity index (χ4n) is 4.67. The highest BCUT2D eigenvalue weighted by molar-refractivity contribution is 5.16. The van der Waals surface area contributed by atoms with Crippen LogP contribution in [0.5, 0.6) is 0 Å². The lowest BCUT2D eigenvalue weighted by molar-refractivity contribution is -0.128. The van der Waals surface area contributed by atoms with Crippen molar-refractivity contribution in [2.24, 2.45) is 0 Å². The van der Waals surface area contributed by atoms with Gasteiger partial charge in [-0.15, -0.1) is 0 Å². The lowest BCUT2D eigenvalue weighted by Crippen LogP contribution is -2.61. The zero-order chi connectivity index (χ0) is 17.9. The number of rotatable bonds is 5. The first-order chi connectivity index (χ1) is 11.9. The van der Waals surface area contributed by atoms with Crippen LogP contribution < -0.4 is 0 Å². The molecular weight excluding hydrogens is 315 g/mol. The van der Waals surface area contributed by atoms with E-state index in [4.69, 9.17) is 4.74 Å². The first kappa shape index (κ1) is 18.8. The van der Waals surface area contributed by atoms with Crippen LogP contribution in [0.2, 0.25) is 0 Å². The number of benzene rings is 1. The third kappa shape index (κ3) is 4.60. The normalized spacial score (nSPS) is 28.2. The van der Waals surface area contributed by atoms with Crippen molar-refractivity contribution in [2.45, 2.75) is 57.6 Å². The van der Waals surface area contributed by atoms with Crippen LogP contribution in [0.3, 0.4) is 0 Å². The van der Waals surface area contributed by atoms with Gasteiger partial charge in [0.05, 0.1) is 5.60 Å². The molecule has 1 unspecified atom stereocenters. The molecule has 0 radical (unpaired) electrons. The minimum atomic E-state index is -0.130. The van der Waals surface area contributed by atoms with E-state index in [1.54, 1.807) is 12.1 Å². The van der Waals surface area contributed by atoms with Crippen LogP contribution in [0.15, 0.2) is 24.3 Å². The maximum absolute atomic E-state index is 13.3. The average molecular weight is 349 g/mol. The van der Waals surface area contributed by atoms with Gasteiger partial charge in [0.15, 0.2) is 0 Å². The summed E-state index contributed by atoms with van der Waals surface area (Å²) in [6, 6.07) is 7.00. The molecule has 2 aliphatic heterocycles. The first-order valence-electron chi connectivity index (χ1n) is 9.78. The molecule has 140 valence electrons. The summed E-state index contributed by atoms with van der Waals surface area (Å²) < 4.78 is 19.3. The highest BCUT2D eigenvalue weighted by Crippen LogP contribution is 2.39. The first-order valence-corrected chi connectivity index (χ1v) is 9.78. The summed E-state index contributed by atoms with van der Waals surface area (Å²) in [7, 11) is 0. The molecular formula is C21H33FN2O. The number of ether oxygens (including phenoxy) is 1. The Morgan fingerprint density at radius 2 is 1.92 bits per heavy atom. The second-order valence-electron chi connectivity index (χ2n) is 8.32. The van der Waals surface area contributed by atoms with Gasteiger partial charge in [0.2, 0.25) is 0 Å². The predicted molar refractivity (Wildman–Crippen MR) is 100 cm³/mol. The van der Waals surface area contributed by atoms with Gasteiger partial charge in [-0.2, -0.15) is 0 Å². The number of halogens is 1. The molecule has 3 nitrogen and oxygen atoms in total. The van der Waals surface area contributed by atoms with E-state index in [1.807, 2.05) is 6.07 Å². The molecule has 1 aromatic rings. The molecule has 0 amide bonds. The highest BCUT2D eigenvalue weighted by Gasteiger charge is 2.44. The Kier molecular flexibility index (Phi) is 5.81. The second kappa shape index (κ2) is 7.73. The van der Waals surface area contributed by atoms with E-state index in [1.165, 1.54) is 12.5 Å². The Morgan fingerprint density at radius 1 is 1.16 bits per heavy atom. The van der Waals surface area contributed by atoms with Gasteiger partial charge in [0.25, 0.3) is 0 Å². The van der Waals surface area contributed by atoms with Crippen LogP contribution in [0.1, 0.15) is 45.6 Å². The molecule has 2 fully saturated rings. The van der Waals surface area contributed by atoms with Gasteiger partial charge >= 0.3 is 0 Å². The molecule has 25 heavy (non-hydrogen) atoms. The Labute approximate surface area is 152 Å². The Bertz CT molecular complexity index is 569. The summed E-state index contributed by atoms with van der Waals surface area (Å²) in [5.41, 5.74) is 1.39. The van der Waals surface area contributed by atoms with Crippen molar-refractivity contribution in [1.82, 2.24) is 9.80 Å². The van der Waals surface area contributed by atoms with Crippen molar-refractivity contribution in [3.63, 3.8) is 0 Å². The summed E-state index contributed by atoms with van der Waals surface area (Å²) in [6.07, 6.45) is 4.40. The predicted octanol–water partition coefficient (Wildman–Crippen LogP) is 3.72. The molecule has 1 atom stereocenters. The Morgan fingerprint density at radius 3 is 2.56 bits per heavy atom. The van der Waals surface area contributed by atoms with Crippen molar-refractivity contribution in [3.05, 3.63) is 35.6 Å². The zero-order valence-corrected chi connectivity index (χ0v) is 16.1. The quantitative estimate of drug-likeness (QED) is 0.806. The third-order valence-corrected chi connectivity index (χ3v) is 6.12.